The number of nitrogens with zero attached hydrogens (tertiary/aromatic N) is 1. The molecule has 10 nitrogen and oxygen atoms in total. The number of hydrazone groups is 1. The van der Waals surface area contributed by atoms with Gasteiger partial charge >= 0.3 is 18.2 Å². The van der Waals surface area contributed by atoms with E-state index in [9.17, 15) is 27.6 Å². The van der Waals surface area contributed by atoms with Crippen LogP contribution in [0.1, 0.15) is 36.6 Å². The molecule has 0 saturated heterocycles. The second kappa shape index (κ2) is 12.1. The molecule has 2 aromatic carbocycles. The second-order valence-electron chi connectivity index (χ2n) is 7.90. The van der Waals surface area contributed by atoms with Gasteiger partial charge in [-0.25, -0.2) is 15.0 Å². The molecule has 1 atom stereocenters. The van der Waals surface area contributed by atoms with Gasteiger partial charge in [0.15, 0.2) is 18.1 Å². The highest BCUT2D eigenvalue weighted by atomic mass is 19.4. The average Bonchev–Trinajstić information content (AvgIpc) is 2.86. The zero-order valence-electron chi connectivity index (χ0n) is 20.6. The molecule has 13 heteroatoms. The van der Waals surface area contributed by atoms with Crippen LogP contribution in [-0.2, 0) is 20.5 Å². The normalized spacial score (nSPS) is 15.5. The number of benzene rings is 2. The quantitative estimate of drug-likeness (QED) is 0.257. The average molecular weight is 534 g/mol. The number of carbonyl (C=O) groups is 3. The standard InChI is InChI=1S/C25H25F3N4O6/c1-4-37-23(34)21-14(2)30-24(35)31-22(21)16-7-10-18(19(11-16)36-3)38-13-20(33)32-29-12-15-5-8-17(9-6-15)25(26,27)28/h5-12,22H,4,13H2,1-3H3,(H,32,33)(H2,30,31,35)/b29-12-/t22-/m1/s1. The van der Waals surface area contributed by atoms with Crippen molar-refractivity contribution in [2.75, 3.05) is 20.3 Å². The number of halogens is 3. The number of alkyl halides is 3. The van der Waals surface area contributed by atoms with Crippen molar-refractivity contribution in [2.45, 2.75) is 26.1 Å². The zero-order chi connectivity index (χ0) is 27.9. The lowest BCUT2D eigenvalue weighted by Gasteiger charge is -2.28. The summed E-state index contributed by atoms with van der Waals surface area (Å²) in [5.74, 6) is -0.780. The molecular formula is C25H25F3N4O6. The van der Waals surface area contributed by atoms with E-state index in [-0.39, 0.29) is 23.7 Å². The van der Waals surface area contributed by atoms with Crippen LogP contribution in [0.3, 0.4) is 0 Å². The number of methoxy groups -OCH3 is 1. The van der Waals surface area contributed by atoms with Crippen LogP contribution in [0.5, 0.6) is 11.5 Å². The summed E-state index contributed by atoms with van der Waals surface area (Å²) in [5, 5.41) is 8.93. The van der Waals surface area contributed by atoms with Crippen LogP contribution in [0.25, 0.3) is 0 Å². The van der Waals surface area contributed by atoms with E-state index < -0.39 is 42.3 Å². The van der Waals surface area contributed by atoms with Gasteiger partial charge in [-0.2, -0.15) is 18.3 Å². The summed E-state index contributed by atoms with van der Waals surface area (Å²) in [7, 11) is 1.38. The number of esters is 1. The Morgan fingerprint density at radius 1 is 1.13 bits per heavy atom. The van der Waals surface area contributed by atoms with Gasteiger partial charge in [0.2, 0.25) is 0 Å². The van der Waals surface area contributed by atoms with E-state index in [1.807, 2.05) is 0 Å². The molecule has 3 rings (SSSR count). The highest BCUT2D eigenvalue weighted by molar-refractivity contribution is 5.95. The monoisotopic (exact) mass is 534 g/mol. The van der Waals surface area contributed by atoms with Crippen molar-refractivity contribution in [1.82, 2.24) is 16.1 Å². The number of hydrogen-bond acceptors (Lipinski definition) is 7. The minimum atomic E-state index is -4.44. The van der Waals surface area contributed by atoms with Gasteiger partial charge in [0.25, 0.3) is 5.91 Å². The number of carbonyl (C=O) groups excluding carboxylic acids is 3. The van der Waals surface area contributed by atoms with Crippen molar-refractivity contribution in [3.8, 4) is 11.5 Å². The van der Waals surface area contributed by atoms with E-state index in [4.69, 9.17) is 14.2 Å². The fourth-order valence-corrected chi connectivity index (χ4v) is 3.52. The summed E-state index contributed by atoms with van der Waals surface area (Å²) in [6.45, 7) is 2.97. The zero-order valence-corrected chi connectivity index (χ0v) is 20.6. The van der Waals surface area contributed by atoms with E-state index in [2.05, 4.69) is 21.2 Å². The Balaban J connectivity index is 1.65. The van der Waals surface area contributed by atoms with Crippen LogP contribution < -0.4 is 25.5 Å². The molecule has 1 aliphatic rings. The molecule has 1 heterocycles. The molecule has 1 aliphatic heterocycles. The lowest BCUT2D eigenvalue weighted by molar-refractivity contribution is -0.139. The third-order valence-electron chi connectivity index (χ3n) is 5.29. The molecule has 0 aromatic heterocycles. The Bertz CT molecular complexity index is 1260. The number of hydrogen-bond donors (Lipinski definition) is 3. The fourth-order valence-electron chi connectivity index (χ4n) is 3.52. The number of rotatable bonds is 9. The first-order valence-electron chi connectivity index (χ1n) is 11.3. The van der Waals surface area contributed by atoms with E-state index in [1.54, 1.807) is 26.0 Å². The Morgan fingerprint density at radius 3 is 2.47 bits per heavy atom. The van der Waals surface area contributed by atoms with E-state index in [1.165, 1.54) is 31.5 Å². The van der Waals surface area contributed by atoms with Gasteiger partial charge in [-0.3, -0.25) is 4.79 Å². The fraction of sp³-hybridized carbons (Fsp3) is 0.280. The Labute approximate surface area is 215 Å². The number of urea groups is 1. The Morgan fingerprint density at radius 2 is 1.84 bits per heavy atom. The molecule has 0 saturated carbocycles. The van der Waals surface area contributed by atoms with E-state index in [0.29, 0.717) is 16.8 Å². The SMILES string of the molecule is CCOC(=O)C1=C(C)NC(=O)N[C@@H]1c1ccc(OCC(=O)N/N=C\c2ccc(C(F)(F)F)cc2)c(OC)c1. The topological polar surface area (TPSA) is 127 Å². The van der Waals surface area contributed by atoms with Gasteiger partial charge in [-0.1, -0.05) is 18.2 Å². The van der Waals surface area contributed by atoms with Crippen molar-refractivity contribution in [3.63, 3.8) is 0 Å². The molecule has 3 N–H and O–H groups in total. The van der Waals surface area contributed by atoms with Crippen LogP contribution >= 0.6 is 0 Å². The number of ether oxygens (including phenoxy) is 3. The predicted molar refractivity (Wildman–Crippen MR) is 129 cm³/mol. The summed E-state index contributed by atoms with van der Waals surface area (Å²) in [4.78, 5) is 36.7. The van der Waals surface area contributed by atoms with Crippen LogP contribution in [0.4, 0.5) is 18.0 Å². The molecule has 0 bridgehead atoms. The summed E-state index contributed by atoms with van der Waals surface area (Å²) in [6, 6.07) is 7.61. The van der Waals surface area contributed by atoms with Crippen molar-refractivity contribution >= 4 is 24.1 Å². The van der Waals surface area contributed by atoms with Gasteiger partial charge in [0, 0.05) is 5.70 Å². The number of nitrogens with one attached hydrogen (secondary N) is 3. The summed E-state index contributed by atoms with van der Waals surface area (Å²) in [5.41, 5.74) is 2.87. The third kappa shape index (κ3) is 7.02. The molecule has 0 unspecified atom stereocenters. The summed E-state index contributed by atoms with van der Waals surface area (Å²) < 4.78 is 53.9. The number of allylic oxidation sites excluding steroid dienone is 1. The molecule has 202 valence electrons. The maximum atomic E-state index is 12.6. The molecule has 0 fully saturated rings. The highest BCUT2D eigenvalue weighted by Crippen LogP contribution is 2.34. The minimum absolute atomic E-state index is 0.156. The van der Waals surface area contributed by atoms with Gasteiger partial charge in [-0.15, -0.1) is 0 Å². The first-order chi connectivity index (χ1) is 18.0. The van der Waals surface area contributed by atoms with Crippen LogP contribution in [0.15, 0.2) is 58.8 Å². The molecular weight excluding hydrogens is 509 g/mol. The van der Waals surface area contributed by atoms with Crippen LogP contribution in [-0.4, -0.2) is 44.4 Å². The maximum Gasteiger partial charge on any atom is 0.416 e. The minimum Gasteiger partial charge on any atom is -0.493 e. The van der Waals surface area contributed by atoms with Crippen molar-refractivity contribution in [2.24, 2.45) is 5.10 Å². The predicted octanol–water partition coefficient (Wildman–Crippen LogP) is 3.43. The maximum absolute atomic E-state index is 12.6. The van der Waals surface area contributed by atoms with Gasteiger partial charge in [0.1, 0.15) is 0 Å². The van der Waals surface area contributed by atoms with Crippen LogP contribution in [0.2, 0.25) is 0 Å². The summed E-state index contributed by atoms with van der Waals surface area (Å²) in [6.07, 6.45) is -3.25. The Kier molecular flexibility index (Phi) is 8.94. The second-order valence-corrected chi connectivity index (χ2v) is 7.90. The Hall–Kier alpha value is -4.55. The molecule has 0 aliphatic carbocycles. The van der Waals surface area contributed by atoms with Crippen molar-refractivity contribution < 1.29 is 41.8 Å². The van der Waals surface area contributed by atoms with Crippen molar-refractivity contribution in [1.29, 1.82) is 0 Å². The third-order valence-corrected chi connectivity index (χ3v) is 5.29. The molecule has 0 radical (unpaired) electrons. The van der Waals surface area contributed by atoms with Crippen molar-refractivity contribution in [3.05, 3.63) is 70.4 Å². The van der Waals surface area contributed by atoms with Gasteiger partial charge < -0.3 is 24.8 Å². The van der Waals surface area contributed by atoms with Gasteiger partial charge in [-0.05, 0) is 49.2 Å². The number of amides is 3. The molecule has 38 heavy (non-hydrogen) atoms. The molecule has 3 amide bonds. The lowest BCUT2D eigenvalue weighted by atomic mass is 9.95. The van der Waals surface area contributed by atoms with E-state index in [0.717, 1.165) is 12.1 Å². The largest absolute Gasteiger partial charge is 0.493 e. The van der Waals surface area contributed by atoms with Crippen LogP contribution in [0, 0.1) is 0 Å². The molecule has 2 aromatic rings. The summed E-state index contributed by atoms with van der Waals surface area (Å²) >= 11 is 0. The lowest BCUT2D eigenvalue weighted by Crippen LogP contribution is -2.45. The first-order valence-corrected chi connectivity index (χ1v) is 11.3. The smallest absolute Gasteiger partial charge is 0.416 e. The molecule has 0 spiro atoms. The van der Waals surface area contributed by atoms with E-state index >= 15 is 0 Å². The highest BCUT2D eigenvalue weighted by Gasteiger charge is 2.33. The van der Waals surface area contributed by atoms with Gasteiger partial charge in [0.05, 0.1) is 37.1 Å². The first kappa shape index (κ1) is 28.0.